The van der Waals surface area contributed by atoms with E-state index in [4.69, 9.17) is 4.42 Å². The van der Waals surface area contributed by atoms with E-state index in [-0.39, 0.29) is 30.8 Å². The second kappa shape index (κ2) is 26.8. The Kier molecular flexibility index (Phi) is 22.2. The van der Waals surface area contributed by atoms with Crippen LogP contribution in [0.3, 0.4) is 0 Å². The second-order valence-electron chi connectivity index (χ2n) is 12.8. The number of fused-ring (bicyclic) bond motifs is 1. The zero-order valence-corrected chi connectivity index (χ0v) is 34.9. The maximum atomic E-state index is 11.3. The van der Waals surface area contributed by atoms with E-state index in [0.717, 1.165) is 80.1 Å². The van der Waals surface area contributed by atoms with E-state index in [1.165, 1.54) is 26.9 Å². The summed E-state index contributed by atoms with van der Waals surface area (Å²) in [6.45, 7) is 17.4. The highest BCUT2D eigenvalue weighted by Gasteiger charge is 2.19. The summed E-state index contributed by atoms with van der Waals surface area (Å²) in [7, 11) is 1.27. The lowest BCUT2D eigenvalue weighted by Crippen LogP contribution is -2.38. The van der Waals surface area contributed by atoms with Crippen molar-refractivity contribution in [2.24, 2.45) is 0 Å². The number of hydrogen-bond donors (Lipinski definition) is 4. The van der Waals surface area contributed by atoms with Crippen molar-refractivity contribution < 1.29 is 28.3 Å². The summed E-state index contributed by atoms with van der Waals surface area (Å²) in [5.41, 5.74) is 4.79. The van der Waals surface area contributed by atoms with Gasteiger partial charge in [-0.05, 0) is 31.2 Å². The third kappa shape index (κ3) is 16.4. The van der Waals surface area contributed by atoms with Crippen molar-refractivity contribution in [1.82, 2.24) is 49.8 Å². The Morgan fingerprint density at radius 1 is 0.737 bits per heavy atom. The predicted octanol–water partition coefficient (Wildman–Crippen LogP) is 6.94. The van der Waals surface area contributed by atoms with Gasteiger partial charge >= 0.3 is 11.9 Å². The number of aromatic nitrogens is 6. The molecule has 0 saturated carbocycles. The van der Waals surface area contributed by atoms with E-state index >= 15 is 0 Å². The molecule has 7 rings (SSSR count). The van der Waals surface area contributed by atoms with E-state index < -0.39 is 6.09 Å². The molecule has 2 saturated heterocycles. The molecule has 2 fully saturated rings. The van der Waals surface area contributed by atoms with Gasteiger partial charge in [0.15, 0.2) is 5.76 Å². The molecule has 0 bridgehead atoms. The van der Waals surface area contributed by atoms with Gasteiger partial charge in [-0.3, -0.25) is 18.8 Å². The molecule has 0 unspecified atom stereocenters. The number of aromatic amines is 2. The van der Waals surface area contributed by atoms with Crippen molar-refractivity contribution in [1.29, 1.82) is 0 Å². The number of methoxy groups -OCH3 is 1. The van der Waals surface area contributed by atoms with Crippen LogP contribution in [-0.2, 0) is 19.1 Å². The number of likely N-dealkylation sites (tertiary alicyclic amines) is 2. The summed E-state index contributed by atoms with van der Waals surface area (Å²) < 4.78 is 12.0. The Bertz CT molecular complexity index is 1800. The van der Waals surface area contributed by atoms with Crippen LogP contribution in [0.2, 0.25) is 0 Å². The minimum absolute atomic E-state index is 0.0303. The number of nitrogens with one attached hydrogen (secondary N) is 4. The van der Waals surface area contributed by atoms with Crippen LogP contribution in [0.1, 0.15) is 87.0 Å². The molecular formula is C41H62N10O6. The van der Waals surface area contributed by atoms with Gasteiger partial charge < -0.3 is 39.6 Å². The van der Waals surface area contributed by atoms with Gasteiger partial charge in [-0.1, -0.05) is 78.6 Å². The molecule has 2 aliphatic heterocycles. The minimum atomic E-state index is -0.562. The van der Waals surface area contributed by atoms with Crippen LogP contribution in [0, 0.1) is 0 Å². The van der Waals surface area contributed by atoms with Crippen LogP contribution in [0.15, 0.2) is 66.1 Å². The Morgan fingerprint density at radius 2 is 1.21 bits per heavy atom. The van der Waals surface area contributed by atoms with Crippen LogP contribution in [0.5, 0.6) is 0 Å². The fraction of sp³-hybridized carbons (Fsp3) is 0.488. The zero-order valence-electron chi connectivity index (χ0n) is 34.9. The molecule has 16 nitrogen and oxygen atoms in total. The smallest absolute Gasteiger partial charge is 0.407 e. The van der Waals surface area contributed by atoms with E-state index in [0.29, 0.717) is 11.6 Å². The number of H-pyrrole nitrogens is 2. The first-order valence-electron chi connectivity index (χ1n) is 19.8. The first kappa shape index (κ1) is 47.2. The number of nitrogens with zero attached hydrogens (tertiary/aromatic N) is 6. The number of imidazole rings is 3. The summed E-state index contributed by atoms with van der Waals surface area (Å²) in [5.74, 6) is 1.09. The number of benzene rings is 1. The van der Waals surface area contributed by atoms with Gasteiger partial charge in [0, 0.05) is 44.9 Å². The molecule has 0 radical (unpaired) electrons. The number of carbonyl (C=O) groups excluding carboxylic acids is 4. The maximum absolute atomic E-state index is 11.3. The van der Waals surface area contributed by atoms with Gasteiger partial charge in [-0.15, -0.1) is 0 Å². The van der Waals surface area contributed by atoms with Crippen molar-refractivity contribution in [3.8, 4) is 34.0 Å². The third-order valence-corrected chi connectivity index (χ3v) is 7.88. The highest BCUT2D eigenvalue weighted by atomic mass is 16.5. The maximum Gasteiger partial charge on any atom is 0.407 e. The van der Waals surface area contributed by atoms with E-state index in [1.54, 1.807) is 34.8 Å². The molecule has 4 amide bonds. The van der Waals surface area contributed by atoms with Gasteiger partial charge in [0.1, 0.15) is 12.2 Å². The zero-order chi connectivity index (χ0) is 42.0. The van der Waals surface area contributed by atoms with Crippen LogP contribution < -0.4 is 10.6 Å². The number of oxazole rings is 1. The molecule has 312 valence electrons. The first-order chi connectivity index (χ1) is 27.6. The molecule has 1 aromatic carbocycles. The van der Waals surface area contributed by atoms with Gasteiger partial charge in [0.25, 0.3) is 0 Å². The molecule has 0 atom stereocenters. The Hall–Kier alpha value is -5.93. The van der Waals surface area contributed by atoms with Crippen LogP contribution >= 0.6 is 0 Å². The third-order valence-electron chi connectivity index (χ3n) is 7.88. The Balaban J connectivity index is 0.000000291. The highest BCUT2D eigenvalue weighted by Crippen LogP contribution is 2.26. The van der Waals surface area contributed by atoms with Gasteiger partial charge in [-0.2, -0.15) is 4.98 Å². The lowest BCUT2D eigenvalue weighted by atomic mass is 10.1. The lowest BCUT2D eigenvalue weighted by Gasteiger charge is -2.14. The number of alkyl carbamates (subject to hydrolysis) is 1. The molecule has 16 heteroatoms. The Morgan fingerprint density at radius 3 is 1.65 bits per heavy atom. The fourth-order valence-corrected chi connectivity index (χ4v) is 5.26. The standard InChI is InChI=1S/C17H12N6O.C8H14N2O3.C8H14N2O2.2C3H8.C2H6/c1-3-12(4-2-11(1)13-5-18-9-20-13)15-7-23-8-16(24-17(23)22-15)14-6-19-10-21-14;1-13-8(12)9-6-7(11)10-4-2-3-5-10;1-7(11)9-6-8(12)10-4-2-3-5-10;2*1-3-2;1-2/h1-10H,(H,18,20)(H,19,21);2-6H2,1H3,(H,9,12);2-6H2,1H3,(H,9,11);2*3H2,1-2H3;1-2H3. The first-order valence-corrected chi connectivity index (χ1v) is 19.8. The quantitative estimate of drug-likeness (QED) is 0.135. The highest BCUT2D eigenvalue weighted by molar-refractivity contribution is 5.84. The van der Waals surface area contributed by atoms with Crippen molar-refractivity contribution in [3.05, 3.63) is 61.7 Å². The molecule has 57 heavy (non-hydrogen) atoms. The molecule has 0 spiro atoms. The average Bonchev–Trinajstić information content (AvgIpc) is 4.07. The SMILES string of the molecule is CC.CC(=O)NCC(=O)N1CCCC1.CCC.CCC.COC(=O)NCC(=O)N1CCCC1.c1ncc(-c2ccc(-c3cn4cc(-c5cnc[nH]5)oc4n3)cc2)[nH]1. The van der Waals surface area contributed by atoms with Crippen LogP contribution in [-0.4, -0.2) is 109 Å². The predicted molar refractivity (Wildman–Crippen MR) is 222 cm³/mol. The van der Waals surface area contributed by atoms with E-state index in [2.05, 4.69) is 68.0 Å². The van der Waals surface area contributed by atoms with Crippen molar-refractivity contribution >= 4 is 29.7 Å². The van der Waals surface area contributed by atoms with Gasteiger partial charge in [-0.25, -0.2) is 14.8 Å². The van der Waals surface area contributed by atoms with Crippen LogP contribution in [0.25, 0.3) is 39.8 Å². The molecule has 4 N–H and O–H groups in total. The lowest BCUT2D eigenvalue weighted by molar-refractivity contribution is -0.131. The normalized spacial score (nSPS) is 12.5. The summed E-state index contributed by atoms with van der Waals surface area (Å²) in [6, 6.07) is 8.15. The summed E-state index contributed by atoms with van der Waals surface area (Å²) in [5, 5.41) is 4.85. The van der Waals surface area contributed by atoms with Crippen molar-refractivity contribution in [3.63, 3.8) is 0 Å². The molecule has 2 aliphatic rings. The summed E-state index contributed by atoms with van der Waals surface area (Å²) >= 11 is 0. The van der Waals surface area contributed by atoms with Crippen LogP contribution in [0.4, 0.5) is 4.79 Å². The molecular weight excluding hydrogens is 729 g/mol. The van der Waals surface area contributed by atoms with Crippen molar-refractivity contribution in [2.45, 2.75) is 87.0 Å². The van der Waals surface area contributed by atoms with E-state index in [9.17, 15) is 19.2 Å². The summed E-state index contributed by atoms with van der Waals surface area (Å²) in [6.07, 6.45) is 16.9. The number of hydrogen-bond acceptors (Lipinski definition) is 9. The molecule has 5 aromatic rings. The van der Waals surface area contributed by atoms with Gasteiger partial charge in [0.2, 0.25) is 17.7 Å². The minimum Gasteiger partial charge on any atom is -0.453 e. The van der Waals surface area contributed by atoms with Crippen molar-refractivity contribution in [2.75, 3.05) is 46.4 Å². The number of amides is 4. The molecule has 6 heterocycles. The van der Waals surface area contributed by atoms with E-state index in [1.807, 2.05) is 54.9 Å². The molecule has 0 aliphatic carbocycles. The summed E-state index contributed by atoms with van der Waals surface area (Å²) in [4.78, 5) is 65.9. The monoisotopic (exact) mass is 790 g/mol. The number of ether oxygens (including phenoxy) is 1. The number of rotatable bonds is 7. The largest absolute Gasteiger partial charge is 0.453 e. The Labute approximate surface area is 336 Å². The average molecular weight is 791 g/mol. The topological polar surface area (TPSA) is 196 Å². The second-order valence-corrected chi connectivity index (χ2v) is 12.8. The molecule has 4 aromatic heterocycles. The van der Waals surface area contributed by atoms with Gasteiger partial charge in [0.05, 0.1) is 56.3 Å². The number of carbonyl (C=O) groups is 4. The fourth-order valence-electron chi connectivity index (χ4n) is 5.26.